The molecule has 186 valence electrons. The summed E-state index contributed by atoms with van der Waals surface area (Å²) in [6, 6.07) is 20.3. The first-order chi connectivity index (χ1) is 17.6. The smallest absolute Gasteiger partial charge is 0.258 e. The molecule has 2 N–H and O–H groups in total. The van der Waals surface area contributed by atoms with Gasteiger partial charge in [0.1, 0.15) is 17.1 Å². The fraction of sp³-hybridized carbons (Fsp3) is 0.345. The molecule has 7 heteroatoms. The standard InChI is InChI=1S/C29H33N5O2/c1-34-15-12-23(20-34)18-30-19-26-28-25(11-14-31-26)29(35)33-27(32-28)13-16-36-24-9-7-22(8-10-24)17-21-5-3-2-4-6-21/h2-11,14,23,30H,12-13,15-20H2,1H3,(H,32,33,35). The van der Waals surface area contributed by atoms with Crippen molar-refractivity contribution in [2.75, 3.05) is 33.3 Å². The van der Waals surface area contributed by atoms with Crippen molar-refractivity contribution in [3.05, 3.63) is 99.9 Å². The van der Waals surface area contributed by atoms with Crippen LogP contribution in [0, 0.1) is 5.92 Å². The Labute approximate surface area is 211 Å². The van der Waals surface area contributed by atoms with Gasteiger partial charge in [-0.3, -0.25) is 9.78 Å². The van der Waals surface area contributed by atoms with Gasteiger partial charge >= 0.3 is 0 Å². The molecule has 2 aromatic carbocycles. The van der Waals surface area contributed by atoms with Crippen molar-refractivity contribution >= 4 is 10.9 Å². The van der Waals surface area contributed by atoms with E-state index in [2.05, 4.69) is 63.6 Å². The van der Waals surface area contributed by atoms with E-state index in [9.17, 15) is 4.79 Å². The number of benzene rings is 2. The lowest BCUT2D eigenvalue weighted by Gasteiger charge is -2.12. The zero-order valence-electron chi connectivity index (χ0n) is 20.7. The maximum atomic E-state index is 12.7. The van der Waals surface area contributed by atoms with Gasteiger partial charge in [0, 0.05) is 25.7 Å². The molecule has 1 atom stereocenters. The van der Waals surface area contributed by atoms with Crippen molar-refractivity contribution in [3.63, 3.8) is 0 Å². The third-order valence-electron chi connectivity index (χ3n) is 6.75. The number of nitrogens with one attached hydrogen (secondary N) is 2. The molecular weight excluding hydrogens is 450 g/mol. The lowest BCUT2D eigenvalue weighted by Crippen LogP contribution is -2.25. The molecule has 1 fully saturated rings. The van der Waals surface area contributed by atoms with Crippen molar-refractivity contribution in [3.8, 4) is 5.75 Å². The van der Waals surface area contributed by atoms with Crippen LogP contribution in [-0.4, -0.2) is 53.1 Å². The molecule has 0 radical (unpaired) electrons. The number of hydrogen-bond donors (Lipinski definition) is 2. The van der Waals surface area contributed by atoms with Gasteiger partial charge in [-0.15, -0.1) is 0 Å². The number of hydrogen-bond acceptors (Lipinski definition) is 6. The van der Waals surface area contributed by atoms with E-state index in [1.54, 1.807) is 12.3 Å². The minimum absolute atomic E-state index is 0.138. The van der Waals surface area contributed by atoms with Crippen LogP contribution in [0.25, 0.3) is 10.9 Å². The Morgan fingerprint density at radius 1 is 1.08 bits per heavy atom. The van der Waals surface area contributed by atoms with E-state index in [0.717, 1.165) is 37.5 Å². The van der Waals surface area contributed by atoms with Gasteiger partial charge in [-0.1, -0.05) is 42.5 Å². The van der Waals surface area contributed by atoms with E-state index in [4.69, 9.17) is 9.72 Å². The van der Waals surface area contributed by atoms with Crippen LogP contribution in [0.5, 0.6) is 5.75 Å². The molecule has 0 amide bonds. The number of fused-ring (bicyclic) bond motifs is 1. The first kappa shape index (κ1) is 24.2. The average molecular weight is 484 g/mol. The Morgan fingerprint density at radius 2 is 1.89 bits per heavy atom. The summed E-state index contributed by atoms with van der Waals surface area (Å²) in [4.78, 5) is 27.2. The summed E-state index contributed by atoms with van der Waals surface area (Å²) in [6.07, 6.45) is 4.30. The van der Waals surface area contributed by atoms with Gasteiger partial charge in [0.05, 0.1) is 17.7 Å². The normalized spacial score (nSPS) is 16.0. The van der Waals surface area contributed by atoms with Crippen molar-refractivity contribution in [2.45, 2.75) is 25.8 Å². The maximum absolute atomic E-state index is 12.7. The fourth-order valence-electron chi connectivity index (χ4n) is 4.80. The number of aromatic nitrogens is 3. The van der Waals surface area contributed by atoms with E-state index >= 15 is 0 Å². The molecule has 36 heavy (non-hydrogen) atoms. The molecule has 1 aliphatic rings. The van der Waals surface area contributed by atoms with E-state index in [1.807, 2.05) is 18.2 Å². The summed E-state index contributed by atoms with van der Waals surface area (Å²) in [5.74, 6) is 2.07. The van der Waals surface area contributed by atoms with Gasteiger partial charge in [0.25, 0.3) is 5.56 Å². The quantitative estimate of drug-likeness (QED) is 0.359. The van der Waals surface area contributed by atoms with Crippen LogP contribution in [0.15, 0.2) is 71.7 Å². The van der Waals surface area contributed by atoms with Crippen LogP contribution in [0.2, 0.25) is 0 Å². The Morgan fingerprint density at radius 3 is 2.67 bits per heavy atom. The third-order valence-corrected chi connectivity index (χ3v) is 6.75. The molecule has 7 nitrogen and oxygen atoms in total. The number of ether oxygens (including phenoxy) is 1. The molecule has 1 saturated heterocycles. The molecule has 1 aliphatic heterocycles. The fourth-order valence-corrected chi connectivity index (χ4v) is 4.80. The molecule has 0 spiro atoms. The monoisotopic (exact) mass is 483 g/mol. The zero-order valence-corrected chi connectivity index (χ0v) is 20.7. The minimum Gasteiger partial charge on any atom is -0.493 e. The predicted octanol–water partition coefficient (Wildman–Crippen LogP) is 3.57. The Kier molecular flexibility index (Phi) is 7.69. The molecular formula is C29H33N5O2. The highest BCUT2D eigenvalue weighted by atomic mass is 16.5. The molecule has 5 rings (SSSR count). The van der Waals surface area contributed by atoms with Crippen LogP contribution in [0.3, 0.4) is 0 Å². The lowest BCUT2D eigenvalue weighted by molar-refractivity contribution is 0.319. The molecule has 1 unspecified atom stereocenters. The highest BCUT2D eigenvalue weighted by molar-refractivity contribution is 5.79. The van der Waals surface area contributed by atoms with E-state index in [0.29, 0.717) is 42.2 Å². The summed E-state index contributed by atoms with van der Waals surface area (Å²) in [5.41, 5.74) is 3.86. The number of aromatic amines is 1. The second kappa shape index (κ2) is 11.5. The Bertz CT molecular complexity index is 1340. The van der Waals surface area contributed by atoms with Crippen LogP contribution < -0.4 is 15.6 Å². The molecule has 0 bridgehead atoms. The first-order valence-electron chi connectivity index (χ1n) is 12.7. The number of nitrogens with zero attached hydrogens (tertiary/aromatic N) is 3. The summed E-state index contributed by atoms with van der Waals surface area (Å²) in [6.45, 7) is 4.23. The summed E-state index contributed by atoms with van der Waals surface area (Å²) >= 11 is 0. The number of likely N-dealkylation sites (tertiary alicyclic amines) is 1. The third kappa shape index (κ3) is 6.17. The maximum Gasteiger partial charge on any atom is 0.258 e. The van der Waals surface area contributed by atoms with E-state index in [-0.39, 0.29) is 5.56 Å². The van der Waals surface area contributed by atoms with Crippen molar-refractivity contribution in [1.82, 2.24) is 25.2 Å². The second-order valence-electron chi connectivity index (χ2n) is 9.62. The largest absolute Gasteiger partial charge is 0.493 e. The number of pyridine rings is 1. The van der Waals surface area contributed by atoms with Crippen LogP contribution >= 0.6 is 0 Å². The molecule has 0 aliphatic carbocycles. The van der Waals surface area contributed by atoms with E-state index in [1.165, 1.54) is 17.5 Å². The average Bonchev–Trinajstić information content (AvgIpc) is 3.31. The topological polar surface area (TPSA) is 83.1 Å². The van der Waals surface area contributed by atoms with Gasteiger partial charge in [-0.25, -0.2) is 4.98 Å². The zero-order chi connectivity index (χ0) is 24.7. The van der Waals surface area contributed by atoms with E-state index < -0.39 is 0 Å². The van der Waals surface area contributed by atoms with Gasteiger partial charge < -0.3 is 19.9 Å². The number of H-pyrrole nitrogens is 1. The highest BCUT2D eigenvalue weighted by Gasteiger charge is 2.19. The van der Waals surface area contributed by atoms with Gasteiger partial charge in [-0.2, -0.15) is 0 Å². The highest BCUT2D eigenvalue weighted by Crippen LogP contribution is 2.17. The summed E-state index contributed by atoms with van der Waals surface area (Å²) in [5, 5.41) is 4.08. The van der Waals surface area contributed by atoms with Crippen LogP contribution in [0.4, 0.5) is 0 Å². The molecule has 3 heterocycles. The summed E-state index contributed by atoms with van der Waals surface area (Å²) < 4.78 is 5.93. The summed E-state index contributed by atoms with van der Waals surface area (Å²) in [7, 11) is 2.16. The SMILES string of the molecule is CN1CCC(CNCc2nccc3c(=O)[nH]c(CCOc4ccc(Cc5ccccc5)cc4)nc23)C1. The van der Waals surface area contributed by atoms with Crippen molar-refractivity contribution < 1.29 is 4.74 Å². The van der Waals surface area contributed by atoms with Gasteiger partial charge in [0.15, 0.2) is 0 Å². The minimum atomic E-state index is -0.138. The number of rotatable bonds is 10. The van der Waals surface area contributed by atoms with Crippen LogP contribution in [0.1, 0.15) is 29.1 Å². The Balaban J connectivity index is 1.18. The Hall–Kier alpha value is -3.55. The molecule has 4 aromatic rings. The first-order valence-corrected chi connectivity index (χ1v) is 12.7. The van der Waals surface area contributed by atoms with Crippen molar-refractivity contribution in [1.29, 1.82) is 0 Å². The van der Waals surface area contributed by atoms with Crippen LogP contribution in [-0.2, 0) is 19.4 Å². The second-order valence-corrected chi connectivity index (χ2v) is 9.62. The lowest BCUT2D eigenvalue weighted by atomic mass is 10.1. The van der Waals surface area contributed by atoms with Crippen molar-refractivity contribution in [2.24, 2.45) is 5.92 Å². The molecule has 0 saturated carbocycles. The van der Waals surface area contributed by atoms with Gasteiger partial charge in [0.2, 0.25) is 0 Å². The molecule has 2 aromatic heterocycles. The predicted molar refractivity (Wildman–Crippen MR) is 142 cm³/mol. The van der Waals surface area contributed by atoms with Gasteiger partial charge in [-0.05, 0) is 68.2 Å².